The first kappa shape index (κ1) is 14.2. The van der Waals surface area contributed by atoms with Crippen molar-refractivity contribution in [1.82, 2.24) is 0 Å². The van der Waals surface area contributed by atoms with Crippen LogP contribution in [0.15, 0.2) is 27.7 Å². The van der Waals surface area contributed by atoms with E-state index in [1.54, 1.807) is 11.8 Å². The van der Waals surface area contributed by atoms with E-state index in [9.17, 15) is 0 Å². The summed E-state index contributed by atoms with van der Waals surface area (Å²) < 4.78 is 1.00. The molecule has 0 radical (unpaired) electrons. The van der Waals surface area contributed by atoms with Crippen molar-refractivity contribution >= 4 is 50.1 Å². The first-order chi connectivity index (χ1) is 8.54. The van der Waals surface area contributed by atoms with Crippen LogP contribution in [0.1, 0.15) is 20.3 Å². The number of rotatable bonds is 3. The minimum Gasteiger partial charge on any atom is -0.334 e. The molecule has 1 heterocycles. The first-order valence-corrected chi connectivity index (χ1v) is 8.13. The van der Waals surface area contributed by atoms with E-state index in [0.717, 1.165) is 32.5 Å². The summed E-state index contributed by atoms with van der Waals surface area (Å²) in [5.74, 6) is 1.76. The summed E-state index contributed by atoms with van der Waals surface area (Å²) in [7, 11) is 0. The second-order valence-corrected chi connectivity index (χ2v) is 7.08. The van der Waals surface area contributed by atoms with Gasteiger partial charge in [0.25, 0.3) is 0 Å². The summed E-state index contributed by atoms with van der Waals surface area (Å²) in [5, 5.41) is 5.05. The Kier molecular flexibility index (Phi) is 4.98. The third-order valence-corrected chi connectivity index (χ3v) is 4.58. The Labute approximate surface area is 126 Å². The molecule has 0 bridgehead atoms. The van der Waals surface area contributed by atoms with Gasteiger partial charge in [0.1, 0.15) is 0 Å². The van der Waals surface area contributed by atoms with E-state index in [4.69, 9.17) is 16.6 Å². The van der Waals surface area contributed by atoms with Gasteiger partial charge < -0.3 is 5.32 Å². The molecule has 1 atom stereocenters. The molecule has 0 aliphatic carbocycles. The monoisotopic (exact) mass is 346 g/mol. The van der Waals surface area contributed by atoms with Crippen molar-refractivity contribution in [3.63, 3.8) is 0 Å². The largest absolute Gasteiger partial charge is 0.334 e. The summed E-state index contributed by atoms with van der Waals surface area (Å²) >= 11 is 11.3. The number of anilines is 1. The standard InChI is InChI=1S/C13H16BrClN2S/c1-8(2)5-10-7-18-13(16-10)17-12-6-9(15)3-4-11(12)14/h3-4,6,8,10H,5,7H2,1-2H3,(H,16,17). The average molecular weight is 348 g/mol. The van der Waals surface area contributed by atoms with Crippen LogP contribution in [0.25, 0.3) is 0 Å². The summed E-state index contributed by atoms with van der Waals surface area (Å²) in [6.07, 6.45) is 1.15. The fourth-order valence-electron chi connectivity index (χ4n) is 1.86. The Bertz CT molecular complexity index is 462. The summed E-state index contributed by atoms with van der Waals surface area (Å²) in [6.45, 7) is 4.47. The molecule has 1 aromatic carbocycles. The molecule has 1 N–H and O–H groups in total. The molecule has 0 amide bonds. The van der Waals surface area contributed by atoms with Crippen molar-refractivity contribution in [2.45, 2.75) is 26.3 Å². The average Bonchev–Trinajstić information content (AvgIpc) is 2.70. The smallest absolute Gasteiger partial charge is 0.161 e. The predicted molar refractivity (Wildman–Crippen MR) is 85.9 cm³/mol. The molecule has 1 aliphatic heterocycles. The van der Waals surface area contributed by atoms with E-state index < -0.39 is 0 Å². The Balaban J connectivity index is 2.04. The molecule has 18 heavy (non-hydrogen) atoms. The predicted octanol–water partition coefficient (Wildman–Crippen LogP) is 5.03. The molecule has 0 saturated heterocycles. The lowest BCUT2D eigenvalue weighted by Crippen LogP contribution is -2.08. The van der Waals surface area contributed by atoms with Gasteiger partial charge in [-0.25, -0.2) is 0 Å². The number of thioether (sulfide) groups is 1. The first-order valence-electron chi connectivity index (χ1n) is 5.97. The Morgan fingerprint density at radius 2 is 2.33 bits per heavy atom. The van der Waals surface area contributed by atoms with Gasteiger partial charge in [0.05, 0.1) is 11.7 Å². The van der Waals surface area contributed by atoms with Crippen molar-refractivity contribution in [1.29, 1.82) is 0 Å². The lowest BCUT2D eigenvalue weighted by atomic mass is 10.1. The van der Waals surface area contributed by atoms with Crippen LogP contribution < -0.4 is 5.32 Å². The van der Waals surface area contributed by atoms with Crippen LogP contribution in [0.3, 0.4) is 0 Å². The van der Waals surface area contributed by atoms with Crippen LogP contribution >= 0.6 is 39.3 Å². The Morgan fingerprint density at radius 3 is 3.06 bits per heavy atom. The second kappa shape index (κ2) is 6.31. The van der Waals surface area contributed by atoms with Crippen LogP contribution in [0.2, 0.25) is 5.02 Å². The molecule has 1 aromatic rings. The molecule has 5 heteroatoms. The van der Waals surface area contributed by atoms with Gasteiger partial charge in [-0.3, -0.25) is 4.99 Å². The SMILES string of the molecule is CC(C)CC1CSC(Nc2cc(Cl)ccc2Br)=N1. The van der Waals surface area contributed by atoms with Gasteiger partial charge >= 0.3 is 0 Å². The fraction of sp³-hybridized carbons (Fsp3) is 0.462. The molecular weight excluding hydrogens is 332 g/mol. The van der Waals surface area contributed by atoms with Crippen molar-refractivity contribution in [3.05, 3.63) is 27.7 Å². The third-order valence-electron chi connectivity index (χ3n) is 2.63. The minimum atomic E-state index is 0.440. The number of hydrogen-bond donors (Lipinski definition) is 1. The van der Waals surface area contributed by atoms with Gasteiger partial charge in [0.2, 0.25) is 0 Å². The van der Waals surface area contributed by atoms with Crippen molar-refractivity contribution in [2.24, 2.45) is 10.9 Å². The molecule has 2 nitrogen and oxygen atoms in total. The number of nitrogens with one attached hydrogen (secondary N) is 1. The fourth-order valence-corrected chi connectivity index (χ4v) is 3.34. The molecule has 2 rings (SSSR count). The highest BCUT2D eigenvalue weighted by atomic mass is 79.9. The topological polar surface area (TPSA) is 24.4 Å². The highest BCUT2D eigenvalue weighted by Gasteiger charge is 2.19. The van der Waals surface area contributed by atoms with Crippen LogP contribution in [-0.4, -0.2) is 17.0 Å². The van der Waals surface area contributed by atoms with Crippen LogP contribution in [0, 0.1) is 5.92 Å². The van der Waals surface area contributed by atoms with E-state index in [1.165, 1.54) is 0 Å². The molecule has 0 fully saturated rings. The lowest BCUT2D eigenvalue weighted by molar-refractivity contribution is 0.529. The molecule has 0 aromatic heterocycles. The molecule has 1 unspecified atom stereocenters. The van der Waals surface area contributed by atoms with Crippen LogP contribution in [0.4, 0.5) is 5.69 Å². The normalized spacial score (nSPS) is 19.2. The van der Waals surface area contributed by atoms with Crippen molar-refractivity contribution in [3.8, 4) is 0 Å². The van der Waals surface area contributed by atoms with Crippen molar-refractivity contribution in [2.75, 3.05) is 11.1 Å². The van der Waals surface area contributed by atoms with Gasteiger partial charge in [-0.1, -0.05) is 37.2 Å². The maximum absolute atomic E-state index is 5.99. The lowest BCUT2D eigenvalue weighted by Gasteiger charge is -2.08. The van der Waals surface area contributed by atoms with Gasteiger partial charge in [-0.15, -0.1) is 0 Å². The van der Waals surface area contributed by atoms with Crippen molar-refractivity contribution < 1.29 is 0 Å². The molecule has 1 aliphatic rings. The third kappa shape index (κ3) is 3.90. The maximum Gasteiger partial charge on any atom is 0.161 e. The summed E-state index contributed by atoms with van der Waals surface area (Å²) in [5.41, 5.74) is 0.971. The number of hydrogen-bond acceptors (Lipinski definition) is 3. The highest BCUT2D eigenvalue weighted by Crippen LogP contribution is 2.29. The second-order valence-electron chi connectivity index (χ2n) is 4.78. The van der Waals surface area contributed by atoms with Crippen LogP contribution in [0.5, 0.6) is 0 Å². The summed E-state index contributed by atoms with van der Waals surface area (Å²) in [4.78, 5) is 4.70. The van der Waals surface area contributed by atoms with Gasteiger partial charge in [-0.05, 0) is 46.5 Å². The molecular formula is C13H16BrClN2S. The Morgan fingerprint density at radius 1 is 1.56 bits per heavy atom. The molecule has 0 saturated carbocycles. The van der Waals surface area contributed by atoms with E-state index >= 15 is 0 Å². The van der Waals surface area contributed by atoms with E-state index in [1.807, 2.05) is 18.2 Å². The number of nitrogens with zero attached hydrogens (tertiary/aromatic N) is 1. The zero-order chi connectivity index (χ0) is 13.1. The van der Waals surface area contributed by atoms with Gasteiger partial charge in [0, 0.05) is 15.2 Å². The quantitative estimate of drug-likeness (QED) is 0.829. The number of halogens is 2. The zero-order valence-corrected chi connectivity index (χ0v) is 13.6. The zero-order valence-electron chi connectivity index (χ0n) is 10.4. The van der Waals surface area contributed by atoms with Crippen LogP contribution in [-0.2, 0) is 0 Å². The Hall–Kier alpha value is -0.190. The maximum atomic E-state index is 5.99. The van der Waals surface area contributed by atoms with E-state index in [-0.39, 0.29) is 0 Å². The number of amidine groups is 1. The highest BCUT2D eigenvalue weighted by molar-refractivity contribution is 9.10. The molecule has 0 spiro atoms. The van der Waals surface area contributed by atoms with E-state index in [0.29, 0.717) is 12.0 Å². The van der Waals surface area contributed by atoms with Gasteiger partial charge in [-0.2, -0.15) is 0 Å². The summed E-state index contributed by atoms with van der Waals surface area (Å²) in [6, 6.07) is 6.15. The van der Waals surface area contributed by atoms with Gasteiger partial charge in [0.15, 0.2) is 5.17 Å². The number of aliphatic imine (C=N–C) groups is 1. The number of benzene rings is 1. The van der Waals surface area contributed by atoms with E-state index in [2.05, 4.69) is 35.1 Å². The minimum absolute atomic E-state index is 0.440. The molecule has 98 valence electrons.